The number of aromatic nitrogens is 2. The second kappa shape index (κ2) is 7.26. The Kier molecular flexibility index (Phi) is 5.64. The SMILES string of the molecule is CCNC(Cc1cc(CC)nn1C)C1CCC(CC)C1. The first kappa shape index (κ1) is 15.6. The Balaban J connectivity index is 2.03. The van der Waals surface area contributed by atoms with Crippen molar-refractivity contribution in [2.75, 3.05) is 6.54 Å². The van der Waals surface area contributed by atoms with Gasteiger partial charge in [-0.2, -0.15) is 5.10 Å². The van der Waals surface area contributed by atoms with E-state index in [9.17, 15) is 0 Å². The molecule has 0 amide bonds. The number of likely N-dealkylation sites (N-methyl/N-ethyl adjacent to an activating group) is 1. The van der Waals surface area contributed by atoms with Gasteiger partial charge in [-0.15, -0.1) is 0 Å². The van der Waals surface area contributed by atoms with Crippen molar-refractivity contribution < 1.29 is 0 Å². The average Bonchev–Trinajstić information content (AvgIpc) is 3.05. The van der Waals surface area contributed by atoms with E-state index in [0.717, 1.165) is 31.2 Å². The molecule has 2 rings (SSSR count). The predicted molar refractivity (Wildman–Crippen MR) is 84.9 cm³/mol. The number of aryl methyl sites for hydroxylation is 2. The molecule has 20 heavy (non-hydrogen) atoms. The normalized spacial score (nSPS) is 24.2. The lowest BCUT2D eigenvalue weighted by molar-refractivity contribution is 0.344. The van der Waals surface area contributed by atoms with Crippen molar-refractivity contribution in [3.8, 4) is 0 Å². The average molecular weight is 277 g/mol. The molecule has 1 fully saturated rings. The van der Waals surface area contributed by atoms with Crippen LogP contribution >= 0.6 is 0 Å². The van der Waals surface area contributed by atoms with Crippen molar-refractivity contribution >= 4 is 0 Å². The number of hydrogen-bond donors (Lipinski definition) is 1. The molecule has 1 N–H and O–H groups in total. The number of nitrogens with one attached hydrogen (secondary N) is 1. The number of rotatable bonds is 7. The summed E-state index contributed by atoms with van der Waals surface area (Å²) >= 11 is 0. The zero-order valence-corrected chi connectivity index (χ0v) is 13.7. The second-order valence-electron chi connectivity index (χ2n) is 6.32. The van der Waals surface area contributed by atoms with Crippen molar-refractivity contribution in [3.63, 3.8) is 0 Å². The van der Waals surface area contributed by atoms with Gasteiger partial charge in [0.1, 0.15) is 0 Å². The van der Waals surface area contributed by atoms with Crippen molar-refractivity contribution in [1.82, 2.24) is 15.1 Å². The Hall–Kier alpha value is -0.830. The molecule has 0 radical (unpaired) electrons. The van der Waals surface area contributed by atoms with E-state index in [4.69, 9.17) is 0 Å². The summed E-state index contributed by atoms with van der Waals surface area (Å²) in [5.41, 5.74) is 2.60. The lowest BCUT2D eigenvalue weighted by Crippen LogP contribution is -2.37. The molecule has 3 atom stereocenters. The van der Waals surface area contributed by atoms with Gasteiger partial charge < -0.3 is 5.32 Å². The van der Waals surface area contributed by atoms with Gasteiger partial charge in [-0.25, -0.2) is 0 Å². The molecular weight excluding hydrogens is 246 g/mol. The van der Waals surface area contributed by atoms with E-state index in [0.29, 0.717) is 6.04 Å². The molecule has 1 saturated carbocycles. The zero-order valence-electron chi connectivity index (χ0n) is 13.7. The molecule has 3 nitrogen and oxygen atoms in total. The highest BCUT2D eigenvalue weighted by Gasteiger charge is 2.30. The van der Waals surface area contributed by atoms with Gasteiger partial charge in [0.25, 0.3) is 0 Å². The summed E-state index contributed by atoms with van der Waals surface area (Å²) in [7, 11) is 2.08. The van der Waals surface area contributed by atoms with Gasteiger partial charge in [-0.1, -0.05) is 33.6 Å². The van der Waals surface area contributed by atoms with Crippen LogP contribution in [-0.4, -0.2) is 22.4 Å². The van der Waals surface area contributed by atoms with Gasteiger partial charge >= 0.3 is 0 Å². The molecule has 3 heteroatoms. The molecule has 3 unspecified atom stereocenters. The summed E-state index contributed by atoms with van der Waals surface area (Å²) in [4.78, 5) is 0. The topological polar surface area (TPSA) is 29.9 Å². The van der Waals surface area contributed by atoms with E-state index in [1.165, 1.54) is 37.1 Å². The summed E-state index contributed by atoms with van der Waals surface area (Å²) in [5, 5.41) is 8.32. The molecule has 1 aromatic rings. The van der Waals surface area contributed by atoms with E-state index in [1.807, 2.05) is 0 Å². The van der Waals surface area contributed by atoms with Crippen molar-refractivity contribution in [1.29, 1.82) is 0 Å². The fourth-order valence-corrected chi connectivity index (χ4v) is 3.68. The molecule has 0 saturated heterocycles. The van der Waals surface area contributed by atoms with Gasteiger partial charge in [-0.3, -0.25) is 4.68 Å². The molecule has 0 aliphatic heterocycles. The van der Waals surface area contributed by atoms with Crippen LogP contribution in [0.25, 0.3) is 0 Å². The zero-order chi connectivity index (χ0) is 14.5. The van der Waals surface area contributed by atoms with Gasteiger partial charge in [0.15, 0.2) is 0 Å². The van der Waals surface area contributed by atoms with Gasteiger partial charge in [0, 0.05) is 25.2 Å². The first-order chi connectivity index (χ1) is 9.67. The van der Waals surface area contributed by atoms with Crippen LogP contribution in [0.4, 0.5) is 0 Å². The van der Waals surface area contributed by atoms with E-state index >= 15 is 0 Å². The van der Waals surface area contributed by atoms with Crippen molar-refractivity contribution in [3.05, 3.63) is 17.5 Å². The van der Waals surface area contributed by atoms with Crippen LogP contribution in [-0.2, 0) is 19.9 Å². The van der Waals surface area contributed by atoms with E-state index in [2.05, 4.69) is 49.0 Å². The maximum atomic E-state index is 4.59. The van der Waals surface area contributed by atoms with Crippen LogP contribution in [0.3, 0.4) is 0 Å². The van der Waals surface area contributed by atoms with Crippen LogP contribution in [0, 0.1) is 11.8 Å². The highest BCUT2D eigenvalue weighted by molar-refractivity contribution is 5.12. The van der Waals surface area contributed by atoms with E-state index in [-0.39, 0.29) is 0 Å². The standard InChI is InChI=1S/C17H31N3/c1-5-13-8-9-14(10-13)17(18-7-3)12-16-11-15(6-2)19-20(16)4/h11,13-14,17-18H,5-10,12H2,1-4H3. The fraction of sp³-hybridized carbons (Fsp3) is 0.824. The third-order valence-corrected chi connectivity index (χ3v) is 5.01. The summed E-state index contributed by atoms with van der Waals surface area (Å²) < 4.78 is 2.08. The first-order valence-electron chi connectivity index (χ1n) is 8.43. The smallest absolute Gasteiger partial charge is 0.0624 e. The van der Waals surface area contributed by atoms with E-state index in [1.54, 1.807) is 0 Å². The third-order valence-electron chi connectivity index (χ3n) is 5.01. The van der Waals surface area contributed by atoms with E-state index < -0.39 is 0 Å². The third kappa shape index (κ3) is 3.63. The lowest BCUT2D eigenvalue weighted by Gasteiger charge is -2.24. The molecule has 0 aromatic carbocycles. The summed E-state index contributed by atoms with van der Waals surface area (Å²) in [5.74, 6) is 1.80. The van der Waals surface area contributed by atoms with Crippen LogP contribution in [0.1, 0.15) is 57.8 Å². The Morgan fingerprint density at radius 3 is 2.70 bits per heavy atom. The predicted octanol–water partition coefficient (Wildman–Crippen LogP) is 3.33. The summed E-state index contributed by atoms with van der Waals surface area (Å²) in [6, 6.07) is 2.91. The van der Waals surface area contributed by atoms with Gasteiger partial charge in [0.2, 0.25) is 0 Å². The van der Waals surface area contributed by atoms with Crippen LogP contribution in [0.15, 0.2) is 6.07 Å². The maximum absolute atomic E-state index is 4.59. The highest BCUT2D eigenvalue weighted by atomic mass is 15.3. The van der Waals surface area contributed by atoms with Crippen molar-refractivity contribution in [2.45, 2.75) is 65.3 Å². The molecular formula is C17H31N3. The molecule has 1 aliphatic rings. The molecule has 1 aromatic heterocycles. The van der Waals surface area contributed by atoms with Crippen molar-refractivity contribution in [2.24, 2.45) is 18.9 Å². The molecule has 0 bridgehead atoms. The molecule has 1 aliphatic carbocycles. The lowest BCUT2D eigenvalue weighted by atomic mass is 9.92. The maximum Gasteiger partial charge on any atom is 0.0624 e. The Bertz CT molecular complexity index is 410. The van der Waals surface area contributed by atoms with Crippen LogP contribution in [0.2, 0.25) is 0 Å². The number of nitrogens with zero attached hydrogens (tertiary/aromatic N) is 2. The minimum Gasteiger partial charge on any atom is -0.314 e. The minimum atomic E-state index is 0.622. The number of hydrogen-bond acceptors (Lipinski definition) is 2. The Labute approximate surface area is 124 Å². The van der Waals surface area contributed by atoms with Gasteiger partial charge in [0.05, 0.1) is 5.69 Å². The largest absolute Gasteiger partial charge is 0.314 e. The fourth-order valence-electron chi connectivity index (χ4n) is 3.68. The Morgan fingerprint density at radius 2 is 2.15 bits per heavy atom. The Morgan fingerprint density at radius 1 is 1.35 bits per heavy atom. The minimum absolute atomic E-state index is 0.622. The molecule has 1 heterocycles. The van der Waals surface area contributed by atoms with Crippen LogP contribution in [0.5, 0.6) is 0 Å². The highest BCUT2D eigenvalue weighted by Crippen LogP contribution is 2.35. The summed E-state index contributed by atoms with van der Waals surface area (Å²) in [6.07, 6.45) is 7.73. The first-order valence-corrected chi connectivity index (χ1v) is 8.43. The van der Waals surface area contributed by atoms with Crippen LogP contribution < -0.4 is 5.32 Å². The molecule has 114 valence electrons. The second-order valence-corrected chi connectivity index (χ2v) is 6.32. The monoisotopic (exact) mass is 277 g/mol. The molecule has 0 spiro atoms. The summed E-state index contributed by atoms with van der Waals surface area (Å²) in [6.45, 7) is 7.80. The van der Waals surface area contributed by atoms with Gasteiger partial charge in [-0.05, 0) is 43.7 Å². The quantitative estimate of drug-likeness (QED) is 0.828.